The highest BCUT2D eigenvalue weighted by molar-refractivity contribution is 7.98. The van der Waals surface area contributed by atoms with Crippen LogP contribution in [0.2, 0.25) is 5.02 Å². The summed E-state index contributed by atoms with van der Waals surface area (Å²) in [4.78, 5) is 15.7. The van der Waals surface area contributed by atoms with Crippen molar-refractivity contribution in [1.82, 2.24) is 15.1 Å². The lowest BCUT2D eigenvalue weighted by Gasteiger charge is -2.25. The van der Waals surface area contributed by atoms with E-state index in [2.05, 4.69) is 10.2 Å². The van der Waals surface area contributed by atoms with E-state index in [1.165, 1.54) is 0 Å². The number of H-pyrrole nitrogens is 1. The van der Waals surface area contributed by atoms with Crippen molar-refractivity contribution in [2.75, 3.05) is 19.4 Å². The van der Waals surface area contributed by atoms with E-state index in [0.717, 1.165) is 16.0 Å². The second-order valence-electron chi connectivity index (χ2n) is 6.88. The molecule has 2 aromatic carbocycles. The summed E-state index contributed by atoms with van der Waals surface area (Å²) in [6.07, 6.45) is 2.00. The number of phenolic OH excluding ortho intramolecular Hbond substituents is 1. The zero-order valence-corrected chi connectivity index (χ0v) is 17.5. The van der Waals surface area contributed by atoms with Crippen LogP contribution in [0, 0.1) is 6.92 Å². The molecule has 4 rings (SSSR count). The number of carbonyl (C=O) groups is 1. The summed E-state index contributed by atoms with van der Waals surface area (Å²) < 4.78 is 0. The molecule has 1 aliphatic heterocycles. The quantitative estimate of drug-likeness (QED) is 0.533. The van der Waals surface area contributed by atoms with Gasteiger partial charge in [-0.3, -0.25) is 9.89 Å². The number of nitrogens with zero attached hydrogens (tertiary/aromatic N) is 2. The topological polar surface area (TPSA) is 89.5 Å². The van der Waals surface area contributed by atoms with Gasteiger partial charge in [0.2, 0.25) is 0 Å². The number of aromatic nitrogens is 2. The standard InChI is InChI=1S/C21H20ClN3O3S/c1-11-9-16(27)14(10-15(11)22)18-17-19(24-23-18)21(28)25(7-8-26)20(17)12-3-5-13(29-2)6-4-12/h3-6,9-10,20,26-27H,7-8H2,1-2H3,(H,23,24)/t20-/m0/s1. The number of thioether (sulfide) groups is 1. The SMILES string of the molecule is CSc1ccc([C@H]2c3c(-c4cc(Cl)c(C)cc4O)n[nH]c3C(=O)N2CCO)cc1. The molecule has 1 atom stereocenters. The minimum atomic E-state index is -0.422. The van der Waals surface area contributed by atoms with Crippen LogP contribution in [-0.4, -0.2) is 50.6 Å². The molecule has 2 heterocycles. The number of nitrogens with one attached hydrogen (secondary N) is 1. The monoisotopic (exact) mass is 429 g/mol. The number of aryl methyl sites for hydroxylation is 1. The van der Waals surface area contributed by atoms with E-state index in [9.17, 15) is 15.0 Å². The molecule has 0 fully saturated rings. The van der Waals surface area contributed by atoms with Crippen LogP contribution in [-0.2, 0) is 0 Å². The highest BCUT2D eigenvalue weighted by atomic mass is 35.5. The molecule has 8 heteroatoms. The Labute approximate surface area is 177 Å². The van der Waals surface area contributed by atoms with Gasteiger partial charge in [0, 0.05) is 27.6 Å². The molecule has 29 heavy (non-hydrogen) atoms. The third-order valence-corrected chi connectivity index (χ3v) is 6.32. The molecule has 6 nitrogen and oxygen atoms in total. The van der Waals surface area contributed by atoms with Gasteiger partial charge in [0.15, 0.2) is 0 Å². The summed E-state index contributed by atoms with van der Waals surface area (Å²) in [6, 6.07) is 10.8. The number of amides is 1. The first-order valence-corrected chi connectivity index (χ1v) is 10.7. The first-order valence-electron chi connectivity index (χ1n) is 9.09. The van der Waals surface area contributed by atoms with Gasteiger partial charge >= 0.3 is 0 Å². The number of aromatic amines is 1. The van der Waals surface area contributed by atoms with Gasteiger partial charge in [-0.2, -0.15) is 5.10 Å². The van der Waals surface area contributed by atoms with Crippen LogP contribution in [0.5, 0.6) is 5.75 Å². The van der Waals surface area contributed by atoms with Gasteiger partial charge in [-0.05, 0) is 48.6 Å². The number of fused-ring (bicyclic) bond motifs is 1. The molecule has 0 saturated heterocycles. The largest absolute Gasteiger partial charge is 0.507 e. The summed E-state index contributed by atoms with van der Waals surface area (Å²) in [5.41, 5.74) is 3.64. The molecule has 1 aliphatic rings. The summed E-state index contributed by atoms with van der Waals surface area (Å²) in [6.45, 7) is 1.85. The highest BCUT2D eigenvalue weighted by Crippen LogP contribution is 2.45. The molecule has 0 bridgehead atoms. The van der Waals surface area contributed by atoms with Crippen molar-refractivity contribution >= 4 is 29.3 Å². The molecule has 3 N–H and O–H groups in total. The number of carbonyl (C=O) groups excluding carboxylic acids is 1. The Bertz CT molecular complexity index is 1080. The van der Waals surface area contributed by atoms with Crippen molar-refractivity contribution in [3.05, 3.63) is 63.8 Å². The Balaban J connectivity index is 1.90. The van der Waals surface area contributed by atoms with Crippen LogP contribution in [0.1, 0.15) is 33.2 Å². The fourth-order valence-corrected chi connectivity index (χ4v) is 4.30. The van der Waals surface area contributed by atoms with Crippen LogP contribution in [0.4, 0.5) is 0 Å². The number of hydrogen-bond donors (Lipinski definition) is 3. The maximum atomic E-state index is 13.0. The van der Waals surface area contributed by atoms with Gasteiger partial charge in [-0.15, -0.1) is 11.8 Å². The van der Waals surface area contributed by atoms with Crippen LogP contribution in [0.3, 0.4) is 0 Å². The number of hydrogen-bond acceptors (Lipinski definition) is 5. The minimum absolute atomic E-state index is 0.0470. The average Bonchev–Trinajstić information content (AvgIpc) is 3.25. The van der Waals surface area contributed by atoms with Crippen LogP contribution >= 0.6 is 23.4 Å². The Hall–Kier alpha value is -2.48. The molecule has 1 aromatic heterocycles. The number of halogens is 1. The van der Waals surface area contributed by atoms with Crippen molar-refractivity contribution in [3.63, 3.8) is 0 Å². The van der Waals surface area contributed by atoms with Gasteiger partial charge < -0.3 is 15.1 Å². The lowest BCUT2D eigenvalue weighted by Crippen LogP contribution is -2.32. The van der Waals surface area contributed by atoms with Crippen molar-refractivity contribution in [3.8, 4) is 17.0 Å². The van der Waals surface area contributed by atoms with E-state index < -0.39 is 6.04 Å². The average molecular weight is 430 g/mol. The van der Waals surface area contributed by atoms with Crippen LogP contribution in [0.15, 0.2) is 41.3 Å². The normalized spacial score (nSPS) is 15.8. The van der Waals surface area contributed by atoms with E-state index in [1.807, 2.05) is 37.4 Å². The first-order chi connectivity index (χ1) is 14.0. The molecule has 3 aromatic rings. The molecule has 0 spiro atoms. The minimum Gasteiger partial charge on any atom is -0.507 e. The van der Waals surface area contributed by atoms with Gasteiger partial charge in [-0.1, -0.05) is 23.7 Å². The second kappa shape index (κ2) is 7.74. The summed E-state index contributed by atoms with van der Waals surface area (Å²) in [7, 11) is 0. The zero-order valence-electron chi connectivity index (χ0n) is 15.9. The first kappa shape index (κ1) is 19.8. The Kier molecular flexibility index (Phi) is 5.29. The zero-order chi connectivity index (χ0) is 20.7. The number of benzene rings is 2. The fraction of sp³-hybridized carbons (Fsp3) is 0.238. The predicted molar refractivity (Wildman–Crippen MR) is 114 cm³/mol. The van der Waals surface area contributed by atoms with Gasteiger partial charge in [0.25, 0.3) is 5.91 Å². The number of aliphatic hydroxyl groups excluding tert-OH is 1. The van der Waals surface area contributed by atoms with E-state index in [4.69, 9.17) is 11.6 Å². The fourth-order valence-electron chi connectivity index (χ4n) is 3.73. The molecular formula is C21H20ClN3O3S. The van der Waals surface area contributed by atoms with Crippen molar-refractivity contribution < 1.29 is 15.0 Å². The van der Waals surface area contributed by atoms with E-state index in [1.54, 1.807) is 28.8 Å². The lowest BCUT2D eigenvalue weighted by molar-refractivity contribution is 0.0706. The molecule has 0 saturated carbocycles. The molecular weight excluding hydrogens is 410 g/mol. The van der Waals surface area contributed by atoms with Gasteiger partial charge in [0.1, 0.15) is 17.1 Å². The molecule has 1 amide bonds. The Morgan fingerprint density at radius 3 is 2.66 bits per heavy atom. The van der Waals surface area contributed by atoms with Gasteiger partial charge in [0.05, 0.1) is 12.6 Å². The van der Waals surface area contributed by atoms with E-state index in [0.29, 0.717) is 27.5 Å². The third kappa shape index (κ3) is 3.29. The maximum absolute atomic E-state index is 13.0. The molecule has 150 valence electrons. The predicted octanol–water partition coefficient (Wildman–Crippen LogP) is 4.00. The van der Waals surface area contributed by atoms with Crippen LogP contribution in [0.25, 0.3) is 11.3 Å². The highest BCUT2D eigenvalue weighted by Gasteiger charge is 2.42. The maximum Gasteiger partial charge on any atom is 0.273 e. The summed E-state index contributed by atoms with van der Waals surface area (Å²) >= 11 is 7.92. The smallest absolute Gasteiger partial charge is 0.273 e. The van der Waals surface area contributed by atoms with E-state index >= 15 is 0 Å². The number of rotatable bonds is 5. The Morgan fingerprint density at radius 2 is 2.00 bits per heavy atom. The number of aliphatic hydroxyl groups is 1. The molecule has 0 aliphatic carbocycles. The van der Waals surface area contributed by atoms with Crippen molar-refractivity contribution in [2.45, 2.75) is 17.9 Å². The van der Waals surface area contributed by atoms with Crippen molar-refractivity contribution in [2.24, 2.45) is 0 Å². The number of β-amino-alcohol motifs (C(OH)–C–C–N with tert-alkyl or cyclic N) is 1. The van der Waals surface area contributed by atoms with Crippen LogP contribution < -0.4 is 0 Å². The number of aromatic hydroxyl groups is 1. The van der Waals surface area contributed by atoms with E-state index in [-0.39, 0.29) is 24.8 Å². The Morgan fingerprint density at radius 1 is 1.28 bits per heavy atom. The van der Waals surface area contributed by atoms with Crippen molar-refractivity contribution in [1.29, 1.82) is 0 Å². The lowest BCUT2D eigenvalue weighted by atomic mass is 9.95. The summed E-state index contributed by atoms with van der Waals surface area (Å²) in [5, 5.41) is 27.7. The molecule has 0 radical (unpaired) electrons. The summed E-state index contributed by atoms with van der Waals surface area (Å²) in [5.74, 6) is -0.185. The molecule has 0 unspecified atom stereocenters. The second-order valence-corrected chi connectivity index (χ2v) is 8.16. The number of phenols is 1. The third-order valence-electron chi connectivity index (χ3n) is 5.17. The van der Waals surface area contributed by atoms with Gasteiger partial charge in [-0.25, -0.2) is 0 Å².